The molecular weight excluding hydrogens is 439 g/mol. The molecule has 0 aromatic heterocycles. The van der Waals surface area contributed by atoms with Gasteiger partial charge in [0.1, 0.15) is 5.57 Å². The number of carbonyl (C=O) groups is 2. The van der Waals surface area contributed by atoms with Crippen molar-refractivity contribution >= 4 is 51.6 Å². The van der Waals surface area contributed by atoms with Crippen molar-refractivity contribution in [1.29, 1.82) is 0 Å². The van der Waals surface area contributed by atoms with Gasteiger partial charge >= 0.3 is 0 Å². The van der Waals surface area contributed by atoms with E-state index in [4.69, 9.17) is 11.6 Å². The molecule has 4 nitrogen and oxygen atoms in total. The van der Waals surface area contributed by atoms with Gasteiger partial charge in [-0.05, 0) is 65.9 Å². The number of Topliss-reactive ketones (excluding diaryl/α,β-unsaturated/α-hetero) is 1. The Hall–Kier alpha value is -1.86. The average Bonchev–Trinajstić information content (AvgIpc) is 2.57. The van der Waals surface area contributed by atoms with Crippen LogP contribution in [0.25, 0.3) is 0 Å². The van der Waals surface area contributed by atoms with E-state index in [9.17, 15) is 9.59 Å². The van der Waals surface area contributed by atoms with Crippen LogP contribution in [0.5, 0.6) is 0 Å². The number of rotatable bonds is 6. The normalized spacial score (nSPS) is 11.0. The Morgan fingerprint density at radius 3 is 2.42 bits per heavy atom. The van der Waals surface area contributed by atoms with Crippen molar-refractivity contribution in [3.63, 3.8) is 0 Å². The molecule has 0 fully saturated rings. The molecule has 0 atom stereocenters. The standard InChI is InChI=1S/C18H16ClIN2O2/c1-2-21-18(24)15(11-22-13-9-7-12(20)8-10-13)17(23)14-5-3-4-6-16(14)19/h3-11,22H,2H2,1H3,(H,21,24)/b15-11-. The predicted molar refractivity (Wildman–Crippen MR) is 105 cm³/mol. The number of halogens is 2. The van der Waals surface area contributed by atoms with Crippen LogP contribution in [0.4, 0.5) is 5.69 Å². The molecule has 0 radical (unpaired) electrons. The monoisotopic (exact) mass is 454 g/mol. The van der Waals surface area contributed by atoms with E-state index in [0.717, 1.165) is 9.26 Å². The Morgan fingerprint density at radius 1 is 1.12 bits per heavy atom. The average molecular weight is 455 g/mol. The van der Waals surface area contributed by atoms with E-state index in [1.54, 1.807) is 31.2 Å². The number of hydrogen-bond donors (Lipinski definition) is 2. The number of carbonyl (C=O) groups excluding carboxylic acids is 2. The van der Waals surface area contributed by atoms with Crippen LogP contribution in [0.2, 0.25) is 5.02 Å². The van der Waals surface area contributed by atoms with E-state index in [1.165, 1.54) is 6.20 Å². The quantitative estimate of drug-likeness (QED) is 0.225. The van der Waals surface area contributed by atoms with Gasteiger partial charge in [-0.2, -0.15) is 0 Å². The number of likely N-dealkylation sites (N-methyl/N-ethyl adjacent to an activating group) is 1. The first-order valence-corrected chi connectivity index (χ1v) is 8.78. The third-order valence-corrected chi connectivity index (χ3v) is 4.22. The molecule has 1 amide bonds. The van der Waals surface area contributed by atoms with Gasteiger partial charge in [-0.3, -0.25) is 9.59 Å². The van der Waals surface area contributed by atoms with E-state index < -0.39 is 11.7 Å². The van der Waals surface area contributed by atoms with Crippen molar-refractivity contribution in [1.82, 2.24) is 5.32 Å². The summed E-state index contributed by atoms with van der Waals surface area (Å²) >= 11 is 8.28. The Bertz CT molecular complexity index is 773. The summed E-state index contributed by atoms with van der Waals surface area (Å²) in [5, 5.41) is 5.95. The minimum atomic E-state index is -0.444. The van der Waals surface area contributed by atoms with Crippen LogP contribution >= 0.6 is 34.2 Å². The molecule has 2 aromatic carbocycles. The molecular formula is C18H16ClIN2O2. The smallest absolute Gasteiger partial charge is 0.256 e. The second-order valence-corrected chi connectivity index (χ2v) is 6.53. The number of amides is 1. The first kappa shape index (κ1) is 18.5. The molecule has 2 N–H and O–H groups in total. The highest BCUT2D eigenvalue weighted by Gasteiger charge is 2.21. The molecule has 2 aromatic rings. The molecule has 0 saturated carbocycles. The fourth-order valence-corrected chi connectivity index (χ4v) is 2.56. The van der Waals surface area contributed by atoms with Crippen molar-refractivity contribution in [3.8, 4) is 0 Å². The fraction of sp³-hybridized carbons (Fsp3) is 0.111. The molecule has 124 valence electrons. The lowest BCUT2D eigenvalue weighted by molar-refractivity contribution is -0.117. The highest BCUT2D eigenvalue weighted by atomic mass is 127. The van der Waals surface area contributed by atoms with Gasteiger partial charge in [0.05, 0.1) is 5.02 Å². The molecule has 0 unspecified atom stereocenters. The van der Waals surface area contributed by atoms with Gasteiger partial charge in [-0.25, -0.2) is 0 Å². The summed E-state index contributed by atoms with van der Waals surface area (Å²) in [7, 11) is 0. The summed E-state index contributed by atoms with van der Waals surface area (Å²) in [4.78, 5) is 25.0. The lowest BCUT2D eigenvalue weighted by atomic mass is 10.0. The van der Waals surface area contributed by atoms with Crippen LogP contribution in [0.3, 0.4) is 0 Å². The molecule has 0 heterocycles. The van der Waals surface area contributed by atoms with Gasteiger partial charge in [0.2, 0.25) is 5.78 Å². The van der Waals surface area contributed by atoms with Gasteiger partial charge in [0, 0.05) is 27.6 Å². The third-order valence-electron chi connectivity index (χ3n) is 3.17. The van der Waals surface area contributed by atoms with E-state index in [1.807, 2.05) is 24.3 Å². The fourth-order valence-electron chi connectivity index (χ4n) is 1.98. The maximum Gasteiger partial charge on any atom is 0.256 e. The summed E-state index contributed by atoms with van der Waals surface area (Å²) < 4.78 is 1.10. The summed E-state index contributed by atoms with van der Waals surface area (Å²) in [5.74, 6) is -0.870. The first-order valence-electron chi connectivity index (χ1n) is 7.32. The van der Waals surface area contributed by atoms with Crippen LogP contribution in [0.1, 0.15) is 17.3 Å². The maximum absolute atomic E-state index is 12.7. The minimum absolute atomic E-state index is 0.00324. The minimum Gasteiger partial charge on any atom is -0.361 e. The first-order chi connectivity index (χ1) is 11.5. The number of benzene rings is 2. The molecule has 0 saturated heterocycles. The lowest BCUT2D eigenvalue weighted by Gasteiger charge is -2.09. The number of ketones is 1. The maximum atomic E-state index is 12.7. The topological polar surface area (TPSA) is 58.2 Å². The molecule has 0 aliphatic heterocycles. The second kappa shape index (κ2) is 8.84. The Balaban J connectivity index is 2.32. The zero-order valence-corrected chi connectivity index (χ0v) is 15.9. The van der Waals surface area contributed by atoms with Crippen LogP contribution in [-0.4, -0.2) is 18.2 Å². The molecule has 2 rings (SSSR count). The second-order valence-electron chi connectivity index (χ2n) is 4.88. The largest absolute Gasteiger partial charge is 0.361 e. The molecule has 0 bridgehead atoms. The van der Waals surface area contributed by atoms with Crippen LogP contribution < -0.4 is 10.6 Å². The van der Waals surface area contributed by atoms with Gasteiger partial charge in [-0.1, -0.05) is 23.7 Å². The molecule has 6 heteroatoms. The van der Waals surface area contributed by atoms with Crippen molar-refractivity contribution < 1.29 is 9.59 Å². The van der Waals surface area contributed by atoms with Gasteiger partial charge in [0.25, 0.3) is 5.91 Å². The van der Waals surface area contributed by atoms with Gasteiger partial charge in [0.15, 0.2) is 0 Å². The lowest BCUT2D eigenvalue weighted by Crippen LogP contribution is -2.29. The van der Waals surface area contributed by atoms with Crippen LogP contribution in [0, 0.1) is 3.57 Å². The Morgan fingerprint density at radius 2 is 1.79 bits per heavy atom. The van der Waals surface area contributed by atoms with E-state index in [0.29, 0.717) is 17.1 Å². The number of anilines is 1. The highest BCUT2D eigenvalue weighted by molar-refractivity contribution is 14.1. The van der Waals surface area contributed by atoms with Gasteiger partial charge in [-0.15, -0.1) is 0 Å². The van der Waals surface area contributed by atoms with E-state index >= 15 is 0 Å². The van der Waals surface area contributed by atoms with E-state index in [2.05, 4.69) is 33.2 Å². The summed E-state index contributed by atoms with van der Waals surface area (Å²) in [6, 6.07) is 14.3. The SMILES string of the molecule is CCNC(=O)/C(=C\Nc1ccc(I)cc1)C(=O)c1ccccc1Cl. The van der Waals surface area contributed by atoms with Crippen molar-refractivity contribution in [3.05, 3.63) is 74.5 Å². The summed E-state index contributed by atoms with van der Waals surface area (Å²) in [5.41, 5.74) is 1.08. The number of nitrogens with one attached hydrogen (secondary N) is 2. The van der Waals surface area contributed by atoms with E-state index in [-0.39, 0.29) is 5.57 Å². The van der Waals surface area contributed by atoms with Crippen molar-refractivity contribution in [2.75, 3.05) is 11.9 Å². The zero-order chi connectivity index (χ0) is 17.5. The highest BCUT2D eigenvalue weighted by Crippen LogP contribution is 2.19. The molecule has 0 aliphatic rings. The summed E-state index contributed by atoms with van der Waals surface area (Å²) in [6.07, 6.45) is 1.42. The third kappa shape index (κ3) is 4.82. The Labute approximate surface area is 159 Å². The molecule has 0 spiro atoms. The van der Waals surface area contributed by atoms with Crippen molar-refractivity contribution in [2.24, 2.45) is 0 Å². The van der Waals surface area contributed by atoms with Crippen LogP contribution in [-0.2, 0) is 4.79 Å². The predicted octanol–water partition coefficient (Wildman–Crippen LogP) is 4.26. The van der Waals surface area contributed by atoms with Gasteiger partial charge < -0.3 is 10.6 Å². The molecule has 0 aliphatic carbocycles. The zero-order valence-electron chi connectivity index (χ0n) is 13.0. The molecule has 24 heavy (non-hydrogen) atoms. The Kier molecular flexibility index (Phi) is 6.81. The summed E-state index contributed by atoms with van der Waals surface area (Å²) in [6.45, 7) is 2.22. The van der Waals surface area contributed by atoms with Crippen LogP contribution in [0.15, 0.2) is 60.3 Å². The van der Waals surface area contributed by atoms with Crippen molar-refractivity contribution in [2.45, 2.75) is 6.92 Å². The number of hydrogen-bond acceptors (Lipinski definition) is 3.